The molecule has 1 fully saturated rings. The van der Waals surface area contributed by atoms with Crippen LogP contribution in [0.2, 0.25) is 0 Å². The molecular formula is C15H23N3O5S. The van der Waals surface area contributed by atoms with E-state index in [0.717, 1.165) is 4.31 Å². The molecule has 2 unspecified atom stereocenters. The SMILES string of the molecule is CCOc1ccc(NC(=O)C2CC(O)CN2)cc1S(=O)(=O)N(C)C. The monoisotopic (exact) mass is 357 g/mol. The van der Waals surface area contributed by atoms with E-state index in [2.05, 4.69) is 10.6 Å². The normalized spacial score (nSPS) is 21.0. The average molecular weight is 357 g/mol. The van der Waals surface area contributed by atoms with E-state index in [1.54, 1.807) is 13.0 Å². The number of nitrogens with one attached hydrogen (secondary N) is 2. The highest BCUT2D eigenvalue weighted by Gasteiger charge is 2.29. The Morgan fingerprint density at radius 2 is 2.17 bits per heavy atom. The zero-order valence-corrected chi connectivity index (χ0v) is 14.8. The van der Waals surface area contributed by atoms with Gasteiger partial charge in [-0.2, -0.15) is 0 Å². The van der Waals surface area contributed by atoms with Gasteiger partial charge in [0.05, 0.1) is 18.8 Å². The second-order valence-electron chi connectivity index (χ2n) is 5.72. The average Bonchev–Trinajstić information content (AvgIpc) is 2.95. The van der Waals surface area contributed by atoms with Crippen LogP contribution in [0.1, 0.15) is 13.3 Å². The smallest absolute Gasteiger partial charge is 0.246 e. The summed E-state index contributed by atoms with van der Waals surface area (Å²) in [6.07, 6.45) is -0.225. The molecule has 0 spiro atoms. The minimum atomic E-state index is -3.71. The molecule has 1 aliphatic heterocycles. The molecule has 2 rings (SSSR count). The molecule has 3 N–H and O–H groups in total. The molecule has 1 amide bonds. The Balaban J connectivity index is 2.27. The minimum absolute atomic E-state index is 0.00781. The molecule has 0 bridgehead atoms. The third-order valence-electron chi connectivity index (χ3n) is 3.69. The fourth-order valence-electron chi connectivity index (χ4n) is 2.41. The van der Waals surface area contributed by atoms with Gasteiger partial charge in [-0.25, -0.2) is 12.7 Å². The first-order valence-corrected chi connectivity index (χ1v) is 9.11. The first kappa shape index (κ1) is 18.7. The summed E-state index contributed by atoms with van der Waals surface area (Å²) < 4.78 is 31.4. The number of benzene rings is 1. The summed E-state index contributed by atoms with van der Waals surface area (Å²) in [5.41, 5.74) is 0.354. The first-order chi connectivity index (χ1) is 11.3. The van der Waals surface area contributed by atoms with Gasteiger partial charge in [0.2, 0.25) is 15.9 Å². The van der Waals surface area contributed by atoms with Crippen molar-refractivity contribution in [1.82, 2.24) is 9.62 Å². The quantitative estimate of drug-likeness (QED) is 0.661. The summed E-state index contributed by atoms with van der Waals surface area (Å²) in [6, 6.07) is 3.99. The van der Waals surface area contributed by atoms with Crippen LogP contribution in [0.5, 0.6) is 5.75 Å². The van der Waals surface area contributed by atoms with Crippen molar-refractivity contribution in [3.05, 3.63) is 18.2 Å². The molecular weight excluding hydrogens is 334 g/mol. The van der Waals surface area contributed by atoms with E-state index in [1.807, 2.05) is 0 Å². The Kier molecular flexibility index (Phi) is 5.81. The molecule has 2 atom stereocenters. The molecule has 0 aliphatic carbocycles. The summed E-state index contributed by atoms with van der Waals surface area (Å²) in [7, 11) is -0.853. The van der Waals surface area contributed by atoms with E-state index >= 15 is 0 Å². The Hall–Kier alpha value is -1.68. The highest BCUT2D eigenvalue weighted by atomic mass is 32.2. The molecule has 1 saturated heterocycles. The summed E-state index contributed by atoms with van der Waals surface area (Å²) in [5.74, 6) is -0.0810. The van der Waals surface area contributed by atoms with Crippen LogP contribution in [0.25, 0.3) is 0 Å². The number of hydrogen-bond donors (Lipinski definition) is 3. The van der Waals surface area contributed by atoms with E-state index in [-0.39, 0.29) is 16.6 Å². The number of β-amino-alcohol motifs (C(OH)–C–C–N with tert-alkyl or cyclic N) is 1. The molecule has 0 aromatic heterocycles. The topological polar surface area (TPSA) is 108 Å². The molecule has 134 valence electrons. The number of carbonyl (C=O) groups excluding carboxylic acids is 1. The number of amides is 1. The largest absolute Gasteiger partial charge is 0.492 e. The highest BCUT2D eigenvalue weighted by Crippen LogP contribution is 2.29. The summed E-state index contributed by atoms with van der Waals surface area (Å²) in [4.78, 5) is 12.2. The molecule has 0 radical (unpaired) electrons. The van der Waals surface area contributed by atoms with Gasteiger partial charge < -0.3 is 20.5 Å². The fraction of sp³-hybridized carbons (Fsp3) is 0.533. The van der Waals surface area contributed by atoms with Crippen LogP contribution in [0.4, 0.5) is 5.69 Å². The predicted octanol–water partition coefficient (Wildman–Crippen LogP) is -0.00310. The number of nitrogens with zero attached hydrogens (tertiary/aromatic N) is 1. The van der Waals surface area contributed by atoms with Gasteiger partial charge in [-0.05, 0) is 31.5 Å². The van der Waals surface area contributed by atoms with E-state index in [4.69, 9.17) is 4.74 Å². The summed E-state index contributed by atoms with van der Waals surface area (Å²) >= 11 is 0. The van der Waals surface area contributed by atoms with Crippen molar-refractivity contribution in [3.63, 3.8) is 0 Å². The zero-order valence-electron chi connectivity index (χ0n) is 13.9. The lowest BCUT2D eigenvalue weighted by molar-refractivity contribution is -0.117. The molecule has 24 heavy (non-hydrogen) atoms. The van der Waals surface area contributed by atoms with E-state index in [9.17, 15) is 18.3 Å². The second kappa shape index (κ2) is 7.47. The standard InChI is InChI=1S/C15H23N3O5S/c1-4-23-13-6-5-10(7-14(13)24(21,22)18(2)3)17-15(20)12-8-11(19)9-16-12/h5-7,11-12,16,19H,4,8-9H2,1-3H3,(H,17,20). The van der Waals surface area contributed by atoms with Crippen molar-refractivity contribution < 1.29 is 23.1 Å². The van der Waals surface area contributed by atoms with Gasteiger partial charge in [-0.3, -0.25) is 4.79 Å². The maximum absolute atomic E-state index is 12.5. The lowest BCUT2D eigenvalue weighted by atomic mass is 10.2. The van der Waals surface area contributed by atoms with Crippen LogP contribution < -0.4 is 15.4 Å². The Morgan fingerprint density at radius 3 is 2.71 bits per heavy atom. The zero-order chi connectivity index (χ0) is 17.9. The van der Waals surface area contributed by atoms with Gasteiger partial charge in [0, 0.05) is 26.3 Å². The molecule has 0 saturated carbocycles. The maximum Gasteiger partial charge on any atom is 0.246 e. The van der Waals surface area contributed by atoms with Crippen molar-refractivity contribution in [3.8, 4) is 5.75 Å². The number of carbonyl (C=O) groups is 1. The number of anilines is 1. The number of hydrogen-bond acceptors (Lipinski definition) is 6. The van der Waals surface area contributed by atoms with Gasteiger partial charge >= 0.3 is 0 Å². The van der Waals surface area contributed by atoms with Gasteiger partial charge in [-0.15, -0.1) is 0 Å². The lowest BCUT2D eigenvalue weighted by Gasteiger charge is -2.17. The Labute approximate surface area is 141 Å². The summed E-state index contributed by atoms with van der Waals surface area (Å²) in [5, 5.41) is 15.1. The van der Waals surface area contributed by atoms with Crippen molar-refractivity contribution in [2.45, 2.75) is 30.4 Å². The first-order valence-electron chi connectivity index (χ1n) is 7.67. The van der Waals surface area contributed by atoms with Gasteiger partial charge in [0.25, 0.3) is 0 Å². The van der Waals surface area contributed by atoms with Crippen LogP contribution in [0.15, 0.2) is 23.1 Å². The minimum Gasteiger partial charge on any atom is -0.492 e. The number of rotatable bonds is 6. The molecule has 1 heterocycles. The van der Waals surface area contributed by atoms with Gasteiger partial charge in [0.15, 0.2) is 0 Å². The number of ether oxygens (including phenoxy) is 1. The molecule has 1 aromatic rings. The van der Waals surface area contributed by atoms with Crippen molar-refractivity contribution in [2.75, 3.05) is 32.6 Å². The molecule has 9 heteroatoms. The molecule has 8 nitrogen and oxygen atoms in total. The van der Waals surface area contributed by atoms with E-state index < -0.39 is 22.2 Å². The van der Waals surface area contributed by atoms with Gasteiger partial charge in [0.1, 0.15) is 10.6 Å². The number of aliphatic hydroxyl groups is 1. The van der Waals surface area contributed by atoms with Crippen molar-refractivity contribution in [1.29, 1.82) is 0 Å². The Morgan fingerprint density at radius 1 is 1.46 bits per heavy atom. The van der Waals surface area contributed by atoms with Crippen LogP contribution >= 0.6 is 0 Å². The van der Waals surface area contributed by atoms with E-state index in [1.165, 1.54) is 26.2 Å². The lowest BCUT2D eigenvalue weighted by Crippen LogP contribution is -2.35. The third-order valence-corrected chi connectivity index (χ3v) is 5.53. The number of sulfonamides is 1. The molecule has 1 aromatic carbocycles. The predicted molar refractivity (Wildman–Crippen MR) is 89.5 cm³/mol. The van der Waals surface area contributed by atoms with Crippen LogP contribution in [-0.2, 0) is 14.8 Å². The van der Waals surface area contributed by atoms with Crippen LogP contribution in [-0.4, -0.2) is 63.1 Å². The second-order valence-corrected chi connectivity index (χ2v) is 7.84. The van der Waals surface area contributed by atoms with Gasteiger partial charge in [-0.1, -0.05) is 0 Å². The van der Waals surface area contributed by atoms with Crippen LogP contribution in [0.3, 0.4) is 0 Å². The third kappa shape index (κ3) is 4.04. The maximum atomic E-state index is 12.5. The Bertz CT molecular complexity index is 705. The van der Waals surface area contributed by atoms with Crippen molar-refractivity contribution in [2.24, 2.45) is 0 Å². The molecule has 1 aliphatic rings. The van der Waals surface area contributed by atoms with Crippen LogP contribution in [0, 0.1) is 0 Å². The fourth-order valence-corrected chi connectivity index (χ4v) is 3.46. The number of aliphatic hydroxyl groups excluding tert-OH is 1. The highest BCUT2D eigenvalue weighted by molar-refractivity contribution is 7.89. The summed E-state index contributed by atoms with van der Waals surface area (Å²) in [6.45, 7) is 2.45. The van der Waals surface area contributed by atoms with Crippen molar-refractivity contribution >= 4 is 21.6 Å². The van der Waals surface area contributed by atoms with E-state index in [0.29, 0.717) is 25.3 Å².